The molecule has 0 saturated heterocycles. The second kappa shape index (κ2) is 3.89. The summed E-state index contributed by atoms with van der Waals surface area (Å²) in [5, 5.41) is 9.82. The van der Waals surface area contributed by atoms with Crippen molar-refractivity contribution in [1.82, 2.24) is 0 Å². The molecule has 0 spiro atoms. The van der Waals surface area contributed by atoms with Crippen LogP contribution >= 0.6 is 0 Å². The zero-order chi connectivity index (χ0) is 10.9. The minimum absolute atomic E-state index is 0.0363. The average molecular weight is 200 g/mol. The van der Waals surface area contributed by atoms with Crippen LogP contribution in [0.15, 0.2) is 0 Å². The molecule has 14 heavy (non-hydrogen) atoms. The summed E-state index contributed by atoms with van der Waals surface area (Å²) >= 11 is 0. The first kappa shape index (κ1) is 11.5. The van der Waals surface area contributed by atoms with E-state index >= 15 is 0 Å². The predicted molar refractivity (Wildman–Crippen MR) is 53.7 cm³/mol. The first-order valence-corrected chi connectivity index (χ1v) is 5.25. The summed E-state index contributed by atoms with van der Waals surface area (Å²) in [6, 6.07) is 0. The third kappa shape index (κ3) is 1.92. The van der Waals surface area contributed by atoms with E-state index in [1.165, 1.54) is 0 Å². The standard InChI is InChI=1S/C11H20O3/c1-5-14-10(13)7(2)8-6-11(3,4)9(8)12/h7-9,12H,5-6H2,1-4H3/t7?,8-,9-/m0/s1. The normalized spacial score (nSPS) is 31.8. The Bertz CT molecular complexity index is 223. The van der Waals surface area contributed by atoms with Crippen LogP contribution in [0, 0.1) is 17.3 Å². The Morgan fingerprint density at radius 2 is 2.21 bits per heavy atom. The molecule has 82 valence electrons. The summed E-state index contributed by atoms with van der Waals surface area (Å²) in [4.78, 5) is 11.4. The van der Waals surface area contributed by atoms with Crippen LogP contribution in [-0.2, 0) is 9.53 Å². The molecule has 0 aromatic carbocycles. The van der Waals surface area contributed by atoms with Crippen LogP contribution in [0.3, 0.4) is 0 Å². The van der Waals surface area contributed by atoms with Crippen molar-refractivity contribution in [3.05, 3.63) is 0 Å². The van der Waals surface area contributed by atoms with Gasteiger partial charge in [0, 0.05) is 0 Å². The van der Waals surface area contributed by atoms with Crippen LogP contribution in [0.25, 0.3) is 0 Å². The fourth-order valence-electron chi connectivity index (χ4n) is 2.16. The van der Waals surface area contributed by atoms with Gasteiger partial charge >= 0.3 is 5.97 Å². The van der Waals surface area contributed by atoms with Gasteiger partial charge in [0.1, 0.15) is 0 Å². The molecule has 3 nitrogen and oxygen atoms in total. The maximum absolute atomic E-state index is 11.4. The zero-order valence-electron chi connectivity index (χ0n) is 9.41. The molecule has 0 aromatic heterocycles. The van der Waals surface area contributed by atoms with Crippen molar-refractivity contribution in [1.29, 1.82) is 0 Å². The van der Waals surface area contributed by atoms with Crippen molar-refractivity contribution in [2.75, 3.05) is 6.61 Å². The fourth-order valence-corrected chi connectivity index (χ4v) is 2.16. The third-order valence-electron chi connectivity index (χ3n) is 3.27. The summed E-state index contributed by atoms with van der Waals surface area (Å²) in [7, 11) is 0. The lowest BCUT2D eigenvalue weighted by Crippen LogP contribution is -2.52. The van der Waals surface area contributed by atoms with Crippen LogP contribution in [-0.4, -0.2) is 23.8 Å². The van der Waals surface area contributed by atoms with Crippen molar-refractivity contribution < 1.29 is 14.6 Å². The second-order valence-corrected chi connectivity index (χ2v) is 4.84. The molecule has 3 atom stereocenters. The first-order valence-electron chi connectivity index (χ1n) is 5.25. The van der Waals surface area contributed by atoms with Gasteiger partial charge < -0.3 is 9.84 Å². The summed E-state index contributed by atoms with van der Waals surface area (Å²) in [5.41, 5.74) is -0.0363. The van der Waals surface area contributed by atoms with Gasteiger partial charge in [-0.05, 0) is 24.7 Å². The Morgan fingerprint density at radius 1 is 1.64 bits per heavy atom. The van der Waals surface area contributed by atoms with Crippen LogP contribution in [0.2, 0.25) is 0 Å². The maximum atomic E-state index is 11.4. The Labute approximate surface area is 85.5 Å². The minimum atomic E-state index is -0.373. The molecular weight excluding hydrogens is 180 g/mol. The topological polar surface area (TPSA) is 46.5 Å². The van der Waals surface area contributed by atoms with Crippen LogP contribution < -0.4 is 0 Å². The van der Waals surface area contributed by atoms with Crippen LogP contribution in [0.4, 0.5) is 0 Å². The molecule has 0 aromatic rings. The van der Waals surface area contributed by atoms with E-state index in [9.17, 15) is 9.90 Å². The maximum Gasteiger partial charge on any atom is 0.309 e. The van der Waals surface area contributed by atoms with Gasteiger partial charge in [0.05, 0.1) is 18.6 Å². The van der Waals surface area contributed by atoms with E-state index in [0.29, 0.717) is 6.61 Å². The molecule has 0 radical (unpaired) electrons. The molecule has 1 unspecified atom stereocenters. The lowest BCUT2D eigenvalue weighted by atomic mass is 9.58. The second-order valence-electron chi connectivity index (χ2n) is 4.84. The van der Waals surface area contributed by atoms with Crippen molar-refractivity contribution >= 4 is 5.97 Å². The average Bonchev–Trinajstić information content (AvgIpc) is 2.13. The highest BCUT2D eigenvalue weighted by Gasteiger charge is 2.50. The van der Waals surface area contributed by atoms with E-state index in [1.807, 2.05) is 20.8 Å². The lowest BCUT2D eigenvalue weighted by molar-refractivity contribution is -0.165. The van der Waals surface area contributed by atoms with Crippen molar-refractivity contribution in [2.24, 2.45) is 17.3 Å². The highest BCUT2D eigenvalue weighted by Crippen LogP contribution is 2.48. The number of hydrogen-bond donors (Lipinski definition) is 1. The van der Waals surface area contributed by atoms with E-state index < -0.39 is 0 Å². The van der Waals surface area contributed by atoms with E-state index in [1.54, 1.807) is 6.92 Å². The number of rotatable bonds is 3. The molecule has 0 bridgehead atoms. The summed E-state index contributed by atoms with van der Waals surface area (Å²) in [6.45, 7) is 8.08. The fraction of sp³-hybridized carbons (Fsp3) is 0.909. The molecule has 1 aliphatic carbocycles. The van der Waals surface area contributed by atoms with Gasteiger partial charge in [-0.15, -0.1) is 0 Å². The Balaban J connectivity index is 2.48. The van der Waals surface area contributed by atoms with E-state index in [2.05, 4.69) is 0 Å². The summed E-state index contributed by atoms with van der Waals surface area (Å²) in [6.07, 6.45) is 0.524. The molecule has 3 heteroatoms. The molecule has 1 rings (SSSR count). The van der Waals surface area contributed by atoms with Crippen LogP contribution in [0.5, 0.6) is 0 Å². The van der Waals surface area contributed by atoms with Crippen molar-refractivity contribution in [3.8, 4) is 0 Å². The minimum Gasteiger partial charge on any atom is -0.466 e. The first-order chi connectivity index (χ1) is 6.40. The Hall–Kier alpha value is -0.570. The number of esters is 1. The quantitative estimate of drug-likeness (QED) is 0.704. The van der Waals surface area contributed by atoms with Gasteiger partial charge in [-0.25, -0.2) is 0 Å². The lowest BCUT2D eigenvalue weighted by Gasteiger charge is -2.50. The van der Waals surface area contributed by atoms with Crippen molar-refractivity contribution in [2.45, 2.75) is 40.2 Å². The van der Waals surface area contributed by atoms with E-state index in [-0.39, 0.29) is 29.3 Å². The largest absolute Gasteiger partial charge is 0.466 e. The number of aliphatic hydroxyl groups is 1. The Morgan fingerprint density at radius 3 is 2.57 bits per heavy atom. The van der Waals surface area contributed by atoms with E-state index in [4.69, 9.17) is 4.74 Å². The van der Waals surface area contributed by atoms with Gasteiger partial charge in [-0.2, -0.15) is 0 Å². The molecule has 1 saturated carbocycles. The smallest absolute Gasteiger partial charge is 0.309 e. The van der Waals surface area contributed by atoms with Crippen LogP contribution in [0.1, 0.15) is 34.1 Å². The monoisotopic (exact) mass is 200 g/mol. The number of carbonyl (C=O) groups excluding carboxylic acids is 1. The molecule has 1 aliphatic rings. The SMILES string of the molecule is CCOC(=O)C(C)[C@@H]1CC(C)(C)[C@H]1O. The number of ether oxygens (including phenoxy) is 1. The highest BCUT2D eigenvalue weighted by molar-refractivity contribution is 5.72. The van der Waals surface area contributed by atoms with Gasteiger partial charge in [0.25, 0.3) is 0 Å². The molecule has 1 fully saturated rings. The van der Waals surface area contributed by atoms with Gasteiger partial charge in [0.15, 0.2) is 0 Å². The highest BCUT2D eigenvalue weighted by atomic mass is 16.5. The molecule has 1 N–H and O–H groups in total. The van der Waals surface area contributed by atoms with E-state index in [0.717, 1.165) is 6.42 Å². The Kier molecular flexibility index (Phi) is 3.20. The summed E-state index contributed by atoms with van der Waals surface area (Å²) in [5.74, 6) is -0.297. The zero-order valence-corrected chi connectivity index (χ0v) is 9.41. The van der Waals surface area contributed by atoms with Gasteiger partial charge in [-0.1, -0.05) is 20.8 Å². The van der Waals surface area contributed by atoms with Gasteiger partial charge in [-0.3, -0.25) is 4.79 Å². The number of hydrogen-bond acceptors (Lipinski definition) is 3. The van der Waals surface area contributed by atoms with Gasteiger partial charge in [0.2, 0.25) is 0 Å². The molecule has 0 aliphatic heterocycles. The molecule has 0 amide bonds. The predicted octanol–water partition coefficient (Wildman–Crippen LogP) is 1.59. The molecule has 0 heterocycles. The third-order valence-corrected chi connectivity index (χ3v) is 3.27. The summed E-state index contributed by atoms with van der Waals surface area (Å²) < 4.78 is 4.93. The van der Waals surface area contributed by atoms with Crippen molar-refractivity contribution in [3.63, 3.8) is 0 Å². The number of aliphatic hydroxyl groups excluding tert-OH is 1. The molecular formula is C11H20O3. The number of carbonyl (C=O) groups is 1.